The third-order valence-corrected chi connectivity index (χ3v) is 5.72. The zero-order valence-electron chi connectivity index (χ0n) is 20.2. The van der Waals surface area contributed by atoms with Crippen molar-refractivity contribution in [1.29, 1.82) is 0 Å². The summed E-state index contributed by atoms with van der Waals surface area (Å²) in [6.45, 7) is 1.48. The van der Waals surface area contributed by atoms with Crippen LogP contribution in [0.5, 0.6) is 5.75 Å². The molecule has 0 radical (unpaired) electrons. The zero-order valence-corrected chi connectivity index (χ0v) is 20.2. The number of esters is 1. The predicted octanol–water partition coefficient (Wildman–Crippen LogP) is 1.67. The Labute approximate surface area is 205 Å². The minimum atomic E-state index is -1.27. The second kappa shape index (κ2) is 9.90. The lowest BCUT2D eigenvalue weighted by Gasteiger charge is -2.19. The normalized spacial score (nSPS) is 11.8. The lowest BCUT2D eigenvalue weighted by molar-refractivity contribution is -0.155. The first-order valence-corrected chi connectivity index (χ1v) is 11.0. The molecule has 4 rings (SSSR count). The Balaban J connectivity index is 1.63. The Morgan fingerprint density at radius 1 is 1.06 bits per heavy atom. The van der Waals surface area contributed by atoms with Gasteiger partial charge in [-0.1, -0.05) is 36.4 Å². The zero-order chi connectivity index (χ0) is 26.0. The van der Waals surface area contributed by atoms with E-state index in [2.05, 4.69) is 10.3 Å². The SMILES string of the molecule is COc1ccc(C)cc1NC(=O)C(OC(=O)Cn1cnc2c1c(=O)n(C)c(=O)n2C)c1ccccc1. The maximum atomic E-state index is 13.3. The van der Waals surface area contributed by atoms with Crippen molar-refractivity contribution in [2.24, 2.45) is 14.1 Å². The van der Waals surface area contributed by atoms with Crippen LogP contribution in [-0.4, -0.2) is 37.7 Å². The van der Waals surface area contributed by atoms with Crippen molar-refractivity contribution < 1.29 is 19.1 Å². The van der Waals surface area contributed by atoms with E-state index in [1.165, 1.54) is 36.7 Å². The summed E-state index contributed by atoms with van der Waals surface area (Å²) in [5.41, 5.74) is 0.882. The monoisotopic (exact) mass is 491 g/mol. The van der Waals surface area contributed by atoms with Crippen LogP contribution in [-0.2, 0) is 35.0 Å². The first-order chi connectivity index (χ1) is 17.2. The van der Waals surface area contributed by atoms with Crippen molar-refractivity contribution in [2.45, 2.75) is 19.6 Å². The number of nitrogens with one attached hydrogen (secondary N) is 1. The Morgan fingerprint density at radius 2 is 1.78 bits per heavy atom. The molecule has 1 unspecified atom stereocenters. The van der Waals surface area contributed by atoms with Crippen molar-refractivity contribution in [3.05, 3.63) is 86.8 Å². The molecule has 186 valence electrons. The fourth-order valence-corrected chi connectivity index (χ4v) is 3.84. The molecule has 11 heteroatoms. The number of methoxy groups -OCH3 is 1. The molecule has 2 aromatic carbocycles. The number of fused-ring (bicyclic) bond motifs is 1. The minimum Gasteiger partial charge on any atom is -0.495 e. The van der Waals surface area contributed by atoms with Gasteiger partial charge in [-0.25, -0.2) is 9.78 Å². The van der Waals surface area contributed by atoms with E-state index < -0.39 is 35.8 Å². The van der Waals surface area contributed by atoms with Gasteiger partial charge in [0.05, 0.1) is 19.1 Å². The molecular formula is C25H25N5O6. The number of benzene rings is 2. The summed E-state index contributed by atoms with van der Waals surface area (Å²) < 4.78 is 14.4. The number of hydrogen-bond donors (Lipinski definition) is 1. The van der Waals surface area contributed by atoms with Crippen LogP contribution in [0, 0.1) is 6.92 Å². The molecule has 0 spiro atoms. The molecule has 0 bridgehead atoms. The Bertz CT molecular complexity index is 1570. The van der Waals surface area contributed by atoms with E-state index in [1.807, 2.05) is 13.0 Å². The van der Waals surface area contributed by atoms with Crippen molar-refractivity contribution in [3.8, 4) is 5.75 Å². The van der Waals surface area contributed by atoms with Crippen LogP contribution in [0.3, 0.4) is 0 Å². The fraction of sp³-hybridized carbons (Fsp3) is 0.240. The van der Waals surface area contributed by atoms with Gasteiger partial charge in [0.1, 0.15) is 12.3 Å². The van der Waals surface area contributed by atoms with E-state index in [0.717, 1.165) is 10.1 Å². The summed E-state index contributed by atoms with van der Waals surface area (Å²) in [5.74, 6) is -0.893. The summed E-state index contributed by atoms with van der Waals surface area (Å²) in [6.07, 6.45) is 0.00741. The van der Waals surface area contributed by atoms with Crippen LogP contribution in [0.2, 0.25) is 0 Å². The van der Waals surface area contributed by atoms with Gasteiger partial charge in [0.25, 0.3) is 11.5 Å². The molecule has 4 aromatic rings. The van der Waals surface area contributed by atoms with Crippen LogP contribution < -0.4 is 21.3 Å². The second-order valence-electron chi connectivity index (χ2n) is 8.22. The number of amides is 1. The Morgan fingerprint density at radius 3 is 2.47 bits per heavy atom. The molecule has 11 nitrogen and oxygen atoms in total. The van der Waals surface area contributed by atoms with Gasteiger partial charge in [-0.05, 0) is 24.6 Å². The number of aromatic nitrogens is 4. The summed E-state index contributed by atoms with van der Waals surface area (Å²) in [6, 6.07) is 13.9. The number of carbonyl (C=O) groups is 2. The third kappa shape index (κ3) is 4.63. The highest BCUT2D eigenvalue weighted by Crippen LogP contribution is 2.28. The largest absolute Gasteiger partial charge is 0.495 e. The van der Waals surface area contributed by atoms with Crippen molar-refractivity contribution in [3.63, 3.8) is 0 Å². The number of nitrogens with zero attached hydrogens (tertiary/aromatic N) is 4. The molecule has 2 heterocycles. The molecular weight excluding hydrogens is 466 g/mol. The summed E-state index contributed by atoms with van der Waals surface area (Å²) in [5, 5.41) is 2.77. The number of aryl methyl sites for hydroxylation is 2. The van der Waals surface area contributed by atoms with Crippen LogP contribution in [0.4, 0.5) is 5.69 Å². The van der Waals surface area contributed by atoms with E-state index in [4.69, 9.17) is 9.47 Å². The topological polar surface area (TPSA) is 126 Å². The van der Waals surface area contributed by atoms with E-state index in [9.17, 15) is 19.2 Å². The van der Waals surface area contributed by atoms with E-state index in [-0.39, 0.29) is 11.2 Å². The van der Waals surface area contributed by atoms with Gasteiger partial charge in [0.2, 0.25) is 6.10 Å². The Hall–Kier alpha value is -4.67. The summed E-state index contributed by atoms with van der Waals surface area (Å²) >= 11 is 0. The summed E-state index contributed by atoms with van der Waals surface area (Å²) in [4.78, 5) is 55.2. The van der Waals surface area contributed by atoms with Crippen LogP contribution in [0.15, 0.2) is 64.4 Å². The molecule has 0 saturated heterocycles. The average Bonchev–Trinajstić information content (AvgIpc) is 3.29. The molecule has 2 aromatic heterocycles. The van der Waals surface area contributed by atoms with Gasteiger partial charge in [0.15, 0.2) is 11.2 Å². The average molecular weight is 492 g/mol. The molecule has 1 atom stereocenters. The van der Waals surface area contributed by atoms with Gasteiger partial charge in [0, 0.05) is 19.7 Å². The number of hydrogen-bond acceptors (Lipinski definition) is 7. The van der Waals surface area contributed by atoms with Crippen LogP contribution >= 0.6 is 0 Å². The number of carbonyl (C=O) groups excluding carboxylic acids is 2. The standard InChI is InChI=1S/C25H25N5O6/c1-15-10-11-18(35-4)17(12-15)27-23(32)21(16-8-6-5-7-9-16)36-19(31)13-30-14-26-22-20(30)24(33)29(3)25(34)28(22)2/h5-12,14,21H,13H2,1-4H3,(H,27,32). The quantitative estimate of drug-likeness (QED) is 0.390. The van der Waals surface area contributed by atoms with Crippen molar-refractivity contribution >= 4 is 28.7 Å². The molecule has 0 aliphatic carbocycles. The molecule has 0 fully saturated rings. The van der Waals surface area contributed by atoms with Crippen LogP contribution in [0.1, 0.15) is 17.2 Å². The highest BCUT2D eigenvalue weighted by molar-refractivity contribution is 5.97. The molecule has 1 N–H and O–H groups in total. The van der Waals surface area contributed by atoms with Crippen molar-refractivity contribution in [1.82, 2.24) is 18.7 Å². The smallest absolute Gasteiger partial charge is 0.332 e. The van der Waals surface area contributed by atoms with Gasteiger partial charge >= 0.3 is 11.7 Å². The lowest BCUT2D eigenvalue weighted by Crippen LogP contribution is -2.37. The van der Waals surface area contributed by atoms with Gasteiger partial charge < -0.3 is 19.4 Å². The number of rotatable bonds is 7. The van der Waals surface area contributed by atoms with Gasteiger partial charge in [-0.2, -0.15) is 0 Å². The molecule has 0 aliphatic rings. The van der Waals surface area contributed by atoms with Gasteiger partial charge in [-0.15, -0.1) is 0 Å². The first-order valence-electron chi connectivity index (χ1n) is 11.0. The maximum absolute atomic E-state index is 13.3. The Kier molecular flexibility index (Phi) is 6.73. The predicted molar refractivity (Wildman–Crippen MR) is 132 cm³/mol. The third-order valence-electron chi connectivity index (χ3n) is 5.72. The van der Waals surface area contributed by atoms with Gasteiger partial charge in [-0.3, -0.25) is 23.5 Å². The second-order valence-corrected chi connectivity index (χ2v) is 8.22. The highest BCUT2D eigenvalue weighted by atomic mass is 16.5. The van der Waals surface area contributed by atoms with E-state index >= 15 is 0 Å². The number of imidazole rings is 1. The molecule has 1 amide bonds. The number of ether oxygens (including phenoxy) is 2. The molecule has 0 aliphatic heterocycles. The van der Waals surface area contributed by atoms with E-state index in [1.54, 1.807) is 42.5 Å². The van der Waals surface area contributed by atoms with Crippen molar-refractivity contribution in [2.75, 3.05) is 12.4 Å². The molecule has 0 saturated carbocycles. The summed E-state index contributed by atoms with van der Waals surface area (Å²) in [7, 11) is 4.31. The highest BCUT2D eigenvalue weighted by Gasteiger charge is 2.27. The fourth-order valence-electron chi connectivity index (χ4n) is 3.84. The first kappa shape index (κ1) is 24.5. The molecule has 36 heavy (non-hydrogen) atoms. The van der Waals surface area contributed by atoms with E-state index in [0.29, 0.717) is 17.0 Å². The number of anilines is 1. The van der Waals surface area contributed by atoms with Crippen LogP contribution in [0.25, 0.3) is 11.2 Å². The lowest BCUT2D eigenvalue weighted by atomic mass is 10.1. The minimum absolute atomic E-state index is 0.0711. The maximum Gasteiger partial charge on any atom is 0.332 e.